The molecule has 0 radical (unpaired) electrons. The third kappa shape index (κ3) is 3.67. The van der Waals surface area contributed by atoms with Gasteiger partial charge in [0.1, 0.15) is 0 Å². The third-order valence-corrected chi connectivity index (χ3v) is 2.50. The standard InChI is InChI=1S/C12H11F5N2O2/c1-18(2)6-5-8-3-4-9(7-10(8)19(20)21)11(13,14)12(15,16)17/h3-7H,1-2H3/b6-5+. The monoisotopic (exact) mass is 310 g/mol. The van der Waals surface area contributed by atoms with E-state index in [1.54, 1.807) is 14.1 Å². The second kappa shape index (κ2) is 5.66. The van der Waals surface area contributed by atoms with Crippen LogP contribution in [0.1, 0.15) is 11.1 Å². The Kier molecular flexibility index (Phi) is 4.55. The molecule has 9 heteroatoms. The smallest absolute Gasteiger partial charge is 0.383 e. The van der Waals surface area contributed by atoms with Crippen LogP contribution in [0.5, 0.6) is 0 Å². The average Bonchev–Trinajstić information content (AvgIpc) is 2.34. The van der Waals surface area contributed by atoms with E-state index in [2.05, 4.69) is 0 Å². The molecule has 0 aliphatic heterocycles. The number of rotatable bonds is 4. The third-order valence-electron chi connectivity index (χ3n) is 2.50. The Morgan fingerprint density at radius 1 is 1.19 bits per heavy atom. The quantitative estimate of drug-likeness (QED) is 0.483. The van der Waals surface area contributed by atoms with E-state index >= 15 is 0 Å². The van der Waals surface area contributed by atoms with Crippen LogP contribution in [0.4, 0.5) is 27.6 Å². The van der Waals surface area contributed by atoms with Crippen molar-refractivity contribution in [2.24, 2.45) is 0 Å². The number of nitrogens with zero attached hydrogens (tertiary/aromatic N) is 2. The van der Waals surface area contributed by atoms with Crippen LogP contribution < -0.4 is 0 Å². The topological polar surface area (TPSA) is 46.4 Å². The first-order valence-corrected chi connectivity index (χ1v) is 5.55. The predicted octanol–water partition coefficient (Wildman–Crippen LogP) is 3.78. The van der Waals surface area contributed by atoms with Crippen LogP contribution in [0.25, 0.3) is 6.08 Å². The van der Waals surface area contributed by atoms with Crippen molar-refractivity contribution in [3.8, 4) is 0 Å². The Hall–Kier alpha value is -2.19. The van der Waals surface area contributed by atoms with Gasteiger partial charge in [0.25, 0.3) is 5.69 Å². The van der Waals surface area contributed by atoms with E-state index in [4.69, 9.17) is 0 Å². The highest BCUT2D eigenvalue weighted by atomic mass is 19.4. The summed E-state index contributed by atoms with van der Waals surface area (Å²) in [4.78, 5) is 11.3. The van der Waals surface area contributed by atoms with Crippen LogP contribution >= 0.6 is 0 Å². The Morgan fingerprint density at radius 3 is 2.19 bits per heavy atom. The van der Waals surface area contributed by atoms with Gasteiger partial charge in [-0.1, -0.05) is 6.07 Å². The lowest BCUT2D eigenvalue weighted by molar-refractivity contribution is -0.385. The summed E-state index contributed by atoms with van der Waals surface area (Å²) in [6.07, 6.45) is -3.17. The first-order chi connectivity index (χ1) is 9.46. The largest absolute Gasteiger partial charge is 0.458 e. The summed E-state index contributed by atoms with van der Waals surface area (Å²) in [6, 6.07) is 1.62. The lowest BCUT2D eigenvalue weighted by Gasteiger charge is -2.19. The molecule has 0 aliphatic rings. The minimum absolute atomic E-state index is 0.0737. The summed E-state index contributed by atoms with van der Waals surface area (Å²) >= 11 is 0. The molecule has 0 atom stereocenters. The molecule has 4 nitrogen and oxygen atoms in total. The molecule has 116 valence electrons. The highest BCUT2D eigenvalue weighted by Crippen LogP contribution is 2.44. The van der Waals surface area contributed by atoms with Crippen molar-refractivity contribution in [1.82, 2.24) is 4.90 Å². The van der Waals surface area contributed by atoms with Crippen molar-refractivity contribution in [3.63, 3.8) is 0 Å². The number of halogens is 5. The van der Waals surface area contributed by atoms with E-state index in [0.717, 1.165) is 6.07 Å². The van der Waals surface area contributed by atoms with Crippen LogP contribution in [-0.2, 0) is 5.92 Å². The van der Waals surface area contributed by atoms with Crippen molar-refractivity contribution in [2.45, 2.75) is 12.1 Å². The number of alkyl halides is 5. The van der Waals surface area contributed by atoms with Crippen molar-refractivity contribution in [2.75, 3.05) is 14.1 Å². The zero-order chi connectivity index (χ0) is 16.4. The number of hydrogen-bond acceptors (Lipinski definition) is 3. The molecule has 0 unspecified atom stereocenters. The van der Waals surface area contributed by atoms with Crippen molar-refractivity contribution in [1.29, 1.82) is 0 Å². The number of nitro groups is 1. The maximum Gasteiger partial charge on any atom is 0.458 e. The van der Waals surface area contributed by atoms with Gasteiger partial charge in [-0.25, -0.2) is 0 Å². The van der Waals surface area contributed by atoms with Crippen LogP contribution in [0.3, 0.4) is 0 Å². The van der Waals surface area contributed by atoms with Gasteiger partial charge in [0, 0.05) is 25.7 Å². The second-order valence-corrected chi connectivity index (χ2v) is 4.38. The Morgan fingerprint density at radius 2 is 1.76 bits per heavy atom. The summed E-state index contributed by atoms with van der Waals surface area (Å²) in [7, 11) is 3.24. The summed E-state index contributed by atoms with van der Waals surface area (Å²) in [5.74, 6) is -5.15. The molecule has 0 aromatic heterocycles. The number of hydrogen-bond donors (Lipinski definition) is 0. The lowest BCUT2D eigenvalue weighted by Crippen LogP contribution is -2.33. The van der Waals surface area contributed by atoms with Gasteiger partial charge in [0.05, 0.1) is 10.5 Å². The van der Waals surface area contributed by atoms with Gasteiger partial charge < -0.3 is 4.90 Å². The SMILES string of the molecule is CN(C)/C=C/c1ccc(C(F)(F)C(F)(F)F)cc1[N+](=O)[O-]. The summed E-state index contributed by atoms with van der Waals surface area (Å²) in [6.45, 7) is 0. The van der Waals surface area contributed by atoms with Gasteiger partial charge in [-0.3, -0.25) is 10.1 Å². The molecule has 0 bridgehead atoms. The molecule has 0 aliphatic carbocycles. The van der Waals surface area contributed by atoms with E-state index in [1.807, 2.05) is 0 Å². The van der Waals surface area contributed by atoms with Crippen LogP contribution in [-0.4, -0.2) is 30.1 Å². The van der Waals surface area contributed by atoms with Crippen molar-refractivity contribution < 1.29 is 26.9 Å². The van der Waals surface area contributed by atoms with Crippen molar-refractivity contribution in [3.05, 3.63) is 45.6 Å². The van der Waals surface area contributed by atoms with Crippen LogP contribution in [0, 0.1) is 10.1 Å². The predicted molar refractivity (Wildman–Crippen MR) is 65.8 cm³/mol. The van der Waals surface area contributed by atoms with Gasteiger partial charge in [-0.2, -0.15) is 22.0 Å². The van der Waals surface area contributed by atoms with E-state index in [0.29, 0.717) is 6.07 Å². The highest BCUT2D eigenvalue weighted by Gasteiger charge is 2.59. The second-order valence-electron chi connectivity index (χ2n) is 4.38. The number of benzene rings is 1. The minimum atomic E-state index is -5.82. The summed E-state index contributed by atoms with van der Waals surface area (Å²) in [5.41, 5.74) is -2.37. The summed E-state index contributed by atoms with van der Waals surface area (Å²) in [5, 5.41) is 10.8. The normalized spacial score (nSPS) is 12.7. The maximum absolute atomic E-state index is 13.2. The van der Waals surface area contributed by atoms with Gasteiger partial charge in [-0.05, 0) is 18.3 Å². The molecule has 21 heavy (non-hydrogen) atoms. The molecular weight excluding hydrogens is 299 g/mol. The zero-order valence-electron chi connectivity index (χ0n) is 11.0. The number of nitro benzene ring substituents is 1. The fourth-order valence-corrected chi connectivity index (χ4v) is 1.43. The van der Waals surface area contributed by atoms with Gasteiger partial charge in [-0.15, -0.1) is 0 Å². The molecule has 1 aromatic rings. The molecule has 0 spiro atoms. The van der Waals surface area contributed by atoms with Gasteiger partial charge >= 0.3 is 12.1 Å². The Bertz CT molecular complexity index is 567. The lowest BCUT2D eigenvalue weighted by atomic mass is 10.0. The van der Waals surface area contributed by atoms with Crippen LogP contribution in [0.15, 0.2) is 24.4 Å². The Balaban J connectivity index is 3.37. The molecule has 0 saturated heterocycles. The van der Waals surface area contributed by atoms with E-state index in [-0.39, 0.29) is 11.6 Å². The van der Waals surface area contributed by atoms with E-state index in [1.165, 1.54) is 17.2 Å². The van der Waals surface area contributed by atoms with E-state index < -0.39 is 28.3 Å². The highest BCUT2D eigenvalue weighted by molar-refractivity contribution is 5.62. The molecule has 0 fully saturated rings. The fraction of sp³-hybridized carbons (Fsp3) is 0.333. The van der Waals surface area contributed by atoms with Gasteiger partial charge in [0.15, 0.2) is 0 Å². The van der Waals surface area contributed by atoms with Crippen molar-refractivity contribution >= 4 is 11.8 Å². The minimum Gasteiger partial charge on any atom is -0.383 e. The molecule has 0 heterocycles. The van der Waals surface area contributed by atoms with Crippen LogP contribution in [0.2, 0.25) is 0 Å². The fourth-order valence-electron chi connectivity index (χ4n) is 1.43. The average molecular weight is 310 g/mol. The molecule has 0 saturated carbocycles. The molecule has 0 N–H and O–H groups in total. The van der Waals surface area contributed by atoms with Gasteiger partial charge in [0.2, 0.25) is 0 Å². The molecule has 1 rings (SSSR count). The molecule has 0 amide bonds. The molecule has 1 aromatic carbocycles. The maximum atomic E-state index is 13.2. The Labute approximate surface area is 116 Å². The van der Waals surface area contributed by atoms with E-state index in [9.17, 15) is 32.1 Å². The first-order valence-electron chi connectivity index (χ1n) is 5.55. The summed E-state index contributed by atoms with van der Waals surface area (Å²) < 4.78 is 63.2. The zero-order valence-corrected chi connectivity index (χ0v) is 11.0. The first kappa shape index (κ1) is 16.9. The molecular formula is C12H11F5N2O2.